The Bertz CT molecular complexity index is 1260. The molecule has 2 aromatic heterocycles. The molecule has 3 heterocycles. The number of aromatic nitrogens is 2. The van der Waals surface area contributed by atoms with Crippen LogP contribution in [0.25, 0.3) is 16.9 Å². The van der Waals surface area contributed by atoms with E-state index < -0.39 is 0 Å². The van der Waals surface area contributed by atoms with E-state index in [0.29, 0.717) is 23.0 Å². The third kappa shape index (κ3) is 7.51. The Balaban J connectivity index is 1.67. The van der Waals surface area contributed by atoms with Crippen LogP contribution >= 0.6 is 0 Å². The highest BCUT2D eigenvalue weighted by Gasteiger charge is 2.21. The number of carbonyl (C=O) groups excluding carboxylic acids is 2. The molecule has 0 radical (unpaired) electrons. The summed E-state index contributed by atoms with van der Waals surface area (Å²) < 4.78 is 2.13. The Morgan fingerprint density at radius 1 is 0.925 bits per heavy atom. The van der Waals surface area contributed by atoms with E-state index in [1.165, 1.54) is 25.9 Å². The maximum absolute atomic E-state index is 13.8. The van der Waals surface area contributed by atoms with Crippen molar-refractivity contribution in [3.8, 4) is 11.3 Å². The van der Waals surface area contributed by atoms with Gasteiger partial charge in [0, 0.05) is 37.5 Å². The molecular formula is C33H47N5O2. The van der Waals surface area contributed by atoms with Crippen LogP contribution in [0.15, 0.2) is 42.6 Å². The Labute approximate surface area is 240 Å². The molecule has 1 saturated heterocycles. The molecular weight excluding hydrogens is 498 g/mol. The van der Waals surface area contributed by atoms with Crippen LogP contribution in [-0.4, -0.2) is 70.8 Å². The van der Waals surface area contributed by atoms with E-state index in [0.717, 1.165) is 67.9 Å². The van der Waals surface area contributed by atoms with Crippen molar-refractivity contribution >= 4 is 17.5 Å². The highest BCUT2D eigenvalue weighted by atomic mass is 16.2. The van der Waals surface area contributed by atoms with E-state index >= 15 is 0 Å². The summed E-state index contributed by atoms with van der Waals surface area (Å²) >= 11 is 0. The average Bonchev–Trinajstić information content (AvgIpc) is 3.60. The van der Waals surface area contributed by atoms with Crippen LogP contribution in [0.5, 0.6) is 0 Å². The molecule has 40 heavy (non-hydrogen) atoms. The van der Waals surface area contributed by atoms with E-state index in [-0.39, 0.29) is 11.8 Å². The second kappa shape index (κ2) is 13.9. The van der Waals surface area contributed by atoms with Gasteiger partial charge in [0.15, 0.2) is 0 Å². The van der Waals surface area contributed by atoms with Crippen molar-refractivity contribution < 1.29 is 9.59 Å². The quantitative estimate of drug-likeness (QED) is 0.289. The van der Waals surface area contributed by atoms with Gasteiger partial charge in [-0.15, -0.1) is 0 Å². The first-order valence-electron chi connectivity index (χ1n) is 15.1. The molecule has 3 aromatic rings. The van der Waals surface area contributed by atoms with Gasteiger partial charge in [0.2, 0.25) is 0 Å². The monoisotopic (exact) mass is 545 g/mol. The Morgan fingerprint density at radius 2 is 1.55 bits per heavy atom. The molecule has 216 valence electrons. The first-order valence-corrected chi connectivity index (χ1v) is 15.1. The van der Waals surface area contributed by atoms with Gasteiger partial charge in [0.25, 0.3) is 11.8 Å². The van der Waals surface area contributed by atoms with E-state index in [9.17, 15) is 9.59 Å². The molecule has 7 nitrogen and oxygen atoms in total. The second-order valence-electron chi connectivity index (χ2n) is 12.0. The van der Waals surface area contributed by atoms with Crippen molar-refractivity contribution in [2.75, 3.05) is 39.8 Å². The molecule has 0 bridgehead atoms. The smallest absolute Gasteiger partial charge is 0.255 e. The van der Waals surface area contributed by atoms with Gasteiger partial charge in [-0.05, 0) is 94.3 Å². The summed E-state index contributed by atoms with van der Waals surface area (Å²) in [4.78, 5) is 35.4. The first kappa shape index (κ1) is 29.8. The highest BCUT2D eigenvalue weighted by molar-refractivity contribution is 5.95. The zero-order valence-corrected chi connectivity index (χ0v) is 25.1. The lowest BCUT2D eigenvalue weighted by Crippen LogP contribution is -2.34. The van der Waals surface area contributed by atoms with E-state index in [1.807, 2.05) is 47.5 Å². The number of pyridine rings is 1. The van der Waals surface area contributed by atoms with Gasteiger partial charge in [-0.2, -0.15) is 0 Å². The number of benzene rings is 1. The highest BCUT2D eigenvalue weighted by Crippen LogP contribution is 2.27. The number of rotatable bonds is 13. The Kier molecular flexibility index (Phi) is 10.4. The molecule has 1 fully saturated rings. The third-order valence-corrected chi connectivity index (χ3v) is 7.94. The summed E-state index contributed by atoms with van der Waals surface area (Å²) in [6.07, 6.45) is 8.46. The SMILES string of the molecule is CNC(=O)c1ccc(-c2nc3ccc(C(=O)N(CCC(C)C)CCC(C)C)cn3c2CCCN2CCCC2)cc1. The molecule has 1 aliphatic heterocycles. The first-order chi connectivity index (χ1) is 19.3. The van der Waals surface area contributed by atoms with Crippen molar-refractivity contribution in [3.05, 3.63) is 59.4 Å². The topological polar surface area (TPSA) is 70.0 Å². The predicted molar refractivity (Wildman–Crippen MR) is 163 cm³/mol. The lowest BCUT2D eigenvalue weighted by molar-refractivity contribution is 0.0740. The van der Waals surface area contributed by atoms with E-state index in [1.54, 1.807) is 7.05 Å². The zero-order chi connectivity index (χ0) is 28.6. The van der Waals surface area contributed by atoms with Gasteiger partial charge in [0.1, 0.15) is 5.65 Å². The average molecular weight is 546 g/mol. The summed E-state index contributed by atoms with van der Waals surface area (Å²) in [5.41, 5.74) is 5.20. The fraction of sp³-hybridized carbons (Fsp3) is 0.545. The number of nitrogens with one attached hydrogen (secondary N) is 1. The van der Waals surface area contributed by atoms with Gasteiger partial charge in [-0.3, -0.25) is 9.59 Å². The molecule has 0 aliphatic carbocycles. The normalized spacial score (nSPS) is 14.0. The molecule has 2 amide bonds. The van der Waals surface area contributed by atoms with Crippen molar-refractivity contribution in [1.82, 2.24) is 24.5 Å². The number of hydrogen-bond donors (Lipinski definition) is 1. The number of aryl methyl sites for hydroxylation is 1. The van der Waals surface area contributed by atoms with Crippen LogP contribution in [0.3, 0.4) is 0 Å². The van der Waals surface area contributed by atoms with Crippen LogP contribution in [0, 0.1) is 11.8 Å². The van der Waals surface area contributed by atoms with E-state index in [4.69, 9.17) is 4.98 Å². The van der Waals surface area contributed by atoms with Gasteiger partial charge in [0.05, 0.1) is 17.0 Å². The van der Waals surface area contributed by atoms with Crippen molar-refractivity contribution in [2.45, 2.75) is 66.2 Å². The zero-order valence-electron chi connectivity index (χ0n) is 25.1. The van der Waals surface area contributed by atoms with Gasteiger partial charge in [-0.1, -0.05) is 39.8 Å². The van der Waals surface area contributed by atoms with Gasteiger partial charge in [-0.25, -0.2) is 4.98 Å². The lowest BCUT2D eigenvalue weighted by Gasteiger charge is -2.24. The molecule has 7 heteroatoms. The van der Waals surface area contributed by atoms with E-state index in [2.05, 4.69) is 42.3 Å². The minimum absolute atomic E-state index is 0.0939. The predicted octanol–water partition coefficient (Wildman–Crippen LogP) is 5.92. The minimum atomic E-state index is -0.102. The van der Waals surface area contributed by atoms with Gasteiger partial charge < -0.3 is 19.5 Å². The maximum Gasteiger partial charge on any atom is 0.255 e. The number of nitrogens with zero attached hydrogens (tertiary/aromatic N) is 4. The number of fused-ring (bicyclic) bond motifs is 1. The molecule has 0 saturated carbocycles. The van der Waals surface area contributed by atoms with Crippen molar-refractivity contribution in [1.29, 1.82) is 0 Å². The van der Waals surface area contributed by atoms with Crippen LogP contribution in [-0.2, 0) is 6.42 Å². The molecule has 4 rings (SSSR count). The van der Waals surface area contributed by atoms with Crippen molar-refractivity contribution in [2.24, 2.45) is 11.8 Å². The van der Waals surface area contributed by atoms with Crippen LogP contribution in [0.2, 0.25) is 0 Å². The number of likely N-dealkylation sites (tertiary alicyclic amines) is 1. The fourth-order valence-electron chi connectivity index (χ4n) is 5.42. The number of hydrogen-bond acceptors (Lipinski definition) is 4. The van der Waals surface area contributed by atoms with Crippen LogP contribution in [0.1, 0.15) is 86.2 Å². The molecule has 1 N–H and O–H groups in total. The molecule has 0 unspecified atom stereocenters. The van der Waals surface area contributed by atoms with Gasteiger partial charge >= 0.3 is 0 Å². The third-order valence-electron chi connectivity index (χ3n) is 7.94. The number of imidazole rings is 1. The fourth-order valence-corrected chi connectivity index (χ4v) is 5.42. The summed E-state index contributed by atoms with van der Waals surface area (Å²) in [5.74, 6) is 1.08. The lowest BCUT2D eigenvalue weighted by atomic mass is 10.0. The van der Waals surface area contributed by atoms with Crippen LogP contribution < -0.4 is 5.32 Å². The second-order valence-corrected chi connectivity index (χ2v) is 12.0. The summed E-state index contributed by atoms with van der Waals surface area (Å²) in [5, 5.41) is 2.68. The molecule has 0 atom stereocenters. The van der Waals surface area contributed by atoms with Crippen molar-refractivity contribution in [3.63, 3.8) is 0 Å². The summed E-state index contributed by atoms with van der Waals surface area (Å²) in [6.45, 7) is 13.8. The Morgan fingerprint density at radius 3 is 2.15 bits per heavy atom. The number of amides is 2. The maximum atomic E-state index is 13.8. The number of carbonyl (C=O) groups is 2. The Hall–Kier alpha value is -3.19. The largest absolute Gasteiger partial charge is 0.355 e. The molecule has 0 spiro atoms. The minimum Gasteiger partial charge on any atom is -0.355 e. The molecule has 1 aliphatic rings. The standard InChI is InChI=1S/C33H47N5O2/c1-24(2)16-21-37(22-17-25(3)4)33(40)28-14-15-30-35-31(26-10-12-27(13-11-26)32(39)34-5)29(38(30)23-28)9-8-20-36-18-6-7-19-36/h10-15,23-25H,6-9,16-22H2,1-5H3,(H,34,39). The summed E-state index contributed by atoms with van der Waals surface area (Å²) in [6, 6.07) is 11.5. The molecule has 1 aromatic carbocycles. The summed E-state index contributed by atoms with van der Waals surface area (Å²) in [7, 11) is 1.64. The van der Waals surface area contributed by atoms with Crippen LogP contribution in [0.4, 0.5) is 0 Å².